The standard InChI is InChI=1S/C22H22N2O2/c1-2-22(14-23)11-12-24(15-22)21(25)26-13-20-18-9-5-3-7-16(18)17-8-4-6-10-19(17)20/h3-10,20H,2,11-13,15H2,1H3. The van der Waals surface area contributed by atoms with Crippen LogP contribution < -0.4 is 0 Å². The summed E-state index contributed by atoms with van der Waals surface area (Å²) >= 11 is 0. The fraction of sp³-hybridized carbons (Fsp3) is 0.364. The van der Waals surface area contributed by atoms with Crippen molar-refractivity contribution < 1.29 is 9.53 Å². The first-order valence-electron chi connectivity index (χ1n) is 9.18. The third-order valence-corrected chi connectivity index (χ3v) is 5.86. The van der Waals surface area contributed by atoms with Gasteiger partial charge in [0.1, 0.15) is 6.61 Å². The maximum atomic E-state index is 12.5. The van der Waals surface area contributed by atoms with Crippen LogP contribution in [0.1, 0.15) is 36.8 Å². The molecule has 2 aromatic carbocycles. The second kappa shape index (κ2) is 6.49. The number of carbonyl (C=O) groups excluding carboxylic acids is 1. The number of hydrogen-bond donors (Lipinski definition) is 0. The van der Waals surface area contributed by atoms with E-state index in [2.05, 4.69) is 30.3 Å². The summed E-state index contributed by atoms with van der Waals surface area (Å²) in [6.07, 6.45) is 1.18. The Morgan fingerprint density at radius 3 is 2.35 bits per heavy atom. The van der Waals surface area contributed by atoms with Crippen molar-refractivity contribution in [2.24, 2.45) is 5.41 Å². The number of ether oxygens (including phenoxy) is 1. The molecule has 26 heavy (non-hydrogen) atoms. The Kier molecular flexibility index (Phi) is 4.16. The molecule has 4 nitrogen and oxygen atoms in total. The summed E-state index contributed by atoms with van der Waals surface area (Å²) in [6.45, 7) is 3.40. The van der Waals surface area contributed by atoms with Crippen molar-refractivity contribution in [2.75, 3.05) is 19.7 Å². The molecule has 1 saturated heterocycles. The SMILES string of the molecule is CCC1(C#N)CCN(C(=O)OCC2c3ccccc3-c3ccccc32)C1. The number of benzene rings is 2. The molecule has 1 heterocycles. The van der Waals surface area contributed by atoms with Crippen LogP contribution in [0, 0.1) is 16.7 Å². The van der Waals surface area contributed by atoms with Crippen molar-refractivity contribution in [2.45, 2.75) is 25.7 Å². The van der Waals surface area contributed by atoms with E-state index in [1.807, 2.05) is 31.2 Å². The molecule has 1 amide bonds. The van der Waals surface area contributed by atoms with Crippen LogP contribution in [0.3, 0.4) is 0 Å². The monoisotopic (exact) mass is 346 g/mol. The first-order valence-corrected chi connectivity index (χ1v) is 9.18. The van der Waals surface area contributed by atoms with E-state index >= 15 is 0 Å². The van der Waals surface area contributed by atoms with Crippen LogP contribution in [0.25, 0.3) is 11.1 Å². The van der Waals surface area contributed by atoms with Gasteiger partial charge in [0.2, 0.25) is 0 Å². The first kappa shape index (κ1) is 16.7. The van der Waals surface area contributed by atoms with Crippen molar-refractivity contribution in [1.29, 1.82) is 5.26 Å². The number of likely N-dealkylation sites (tertiary alicyclic amines) is 1. The zero-order valence-corrected chi connectivity index (χ0v) is 14.9. The highest BCUT2D eigenvalue weighted by Gasteiger charge is 2.40. The van der Waals surface area contributed by atoms with Crippen LogP contribution in [-0.2, 0) is 4.74 Å². The van der Waals surface area contributed by atoms with Gasteiger partial charge in [0.15, 0.2) is 0 Å². The summed E-state index contributed by atoms with van der Waals surface area (Å²) in [7, 11) is 0. The smallest absolute Gasteiger partial charge is 0.409 e. The topological polar surface area (TPSA) is 53.3 Å². The zero-order chi connectivity index (χ0) is 18.1. The van der Waals surface area contributed by atoms with Crippen molar-refractivity contribution in [3.05, 3.63) is 59.7 Å². The molecular formula is C22H22N2O2. The summed E-state index contributed by atoms with van der Waals surface area (Å²) in [5.41, 5.74) is 4.45. The van der Waals surface area contributed by atoms with Gasteiger partial charge in [0.05, 0.1) is 11.5 Å². The van der Waals surface area contributed by atoms with E-state index in [0.717, 1.165) is 12.8 Å². The minimum atomic E-state index is -0.411. The van der Waals surface area contributed by atoms with Crippen molar-refractivity contribution in [1.82, 2.24) is 4.90 Å². The summed E-state index contributed by atoms with van der Waals surface area (Å²) in [5.74, 6) is 0.0702. The maximum absolute atomic E-state index is 12.5. The van der Waals surface area contributed by atoms with Gasteiger partial charge in [0, 0.05) is 19.0 Å². The highest BCUT2D eigenvalue weighted by molar-refractivity contribution is 5.79. The normalized spacial score (nSPS) is 21.2. The summed E-state index contributed by atoms with van der Waals surface area (Å²) in [4.78, 5) is 14.2. The lowest BCUT2D eigenvalue weighted by atomic mass is 9.86. The van der Waals surface area contributed by atoms with Crippen molar-refractivity contribution in [3.8, 4) is 17.2 Å². The van der Waals surface area contributed by atoms with Crippen molar-refractivity contribution in [3.63, 3.8) is 0 Å². The molecule has 1 aliphatic heterocycles. The molecule has 0 saturated carbocycles. The van der Waals surface area contributed by atoms with E-state index in [9.17, 15) is 10.1 Å². The van der Waals surface area contributed by atoms with Crippen molar-refractivity contribution >= 4 is 6.09 Å². The largest absolute Gasteiger partial charge is 0.448 e. The van der Waals surface area contributed by atoms with Gasteiger partial charge in [-0.1, -0.05) is 55.5 Å². The molecule has 0 bridgehead atoms. The molecule has 2 aliphatic rings. The summed E-state index contributed by atoms with van der Waals surface area (Å²) < 4.78 is 5.68. The van der Waals surface area contributed by atoms with Gasteiger partial charge in [-0.25, -0.2) is 4.79 Å². The average molecular weight is 346 g/mol. The number of carbonyl (C=O) groups is 1. The second-order valence-corrected chi connectivity index (χ2v) is 7.22. The molecule has 132 valence electrons. The van der Waals surface area contributed by atoms with Gasteiger partial charge < -0.3 is 9.64 Å². The Morgan fingerprint density at radius 1 is 1.19 bits per heavy atom. The molecule has 1 atom stereocenters. The van der Waals surface area contributed by atoms with E-state index in [-0.39, 0.29) is 12.0 Å². The minimum Gasteiger partial charge on any atom is -0.448 e. The van der Waals surface area contributed by atoms with E-state index in [1.165, 1.54) is 22.3 Å². The van der Waals surface area contributed by atoms with Crippen LogP contribution in [0.4, 0.5) is 4.79 Å². The number of nitrogens with zero attached hydrogens (tertiary/aromatic N) is 2. The molecular weight excluding hydrogens is 324 g/mol. The van der Waals surface area contributed by atoms with Crippen LogP contribution in [0.15, 0.2) is 48.5 Å². The van der Waals surface area contributed by atoms with E-state index in [4.69, 9.17) is 4.74 Å². The molecule has 0 spiro atoms. The molecule has 2 aromatic rings. The summed E-state index contributed by atoms with van der Waals surface area (Å²) in [5, 5.41) is 9.41. The molecule has 0 radical (unpaired) electrons. The van der Waals surface area contributed by atoms with Gasteiger partial charge >= 0.3 is 6.09 Å². The third kappa shape index (κ3) is 2.64. The molecule has 0 aromatic heterocycles. The Balaban J connectivity index is 1.49. The maximum Gasteiger partial charge on any atom is 0.409 e. The highest BCUT2D eigenvalue weighted by atomic mass is 16.6. The number of nitriles is 1. The van der Waals surface area contributed by atoms with Crippen LogP contribution >= 0.6 is 0 Å². The number of fused-ring (bicyclic) bond motifs is 3. The van der Waals surface area contributed by atoms with E-state index in [0.29, 0.717) is 19.7 Å². The molecule has 1 aliphatic carbocycles. The van der Waals surface area contributed by atoms with Gasteiger partial charge in [-0.2, -0.15) is 5.26 Å². The van der Waals surface area contributed by atoms with Gasteiger partial charge in [0.25, 0.3) is 0 Å². The summed E-state index contributed by atoms with van der Waals surface area (Å²) in [6, 6.07) is 19.0. The zero-order valence-electron chi connectivity index (χ0n) is 14.9. The number of rotatable bonds is 3. The predicted molar refractivity (Wildman–Crippen MR) is 99.6 cm³/mol. The average Bonchev–Trinajstić information content (AvgIpc) is 3.27. The molecule has 1 fully saturated rings. The molecule has 0 N–H and O–H groups in total. The first-order chi connectivity index (χ1) is 12.7. The lowest BCUT2D eigenvalue weighted by Gasteiger charge is -2.21. The minimum absolute atomic E-state index is 0.0702. The van der Waals surface area contributed by atoms with Crippen LogP contribution in [0.2, 0.25) is 0 Å². The predicted octanol–water partition coefficient (Wildman–Crippen LogP) is 4.56. The van der Waals surface area contributed by atoms with Crippen LogP contribution in [-0.4, -0.2) is 30.7 Å². The van der Waals surface area contributed by atoms with Gasteiger partial charge in [-0.3, -0.25) is 0 Å². The highest BCUT2D eigenvalue weighted by Crippen LogP contribution is 2.44. The number of amides is 1. The fourth-order valence-electron chi connectivity index (χ4n) is 4.17. The molecule has 4 rings (SSSR count). The van der Waals surface area contributed by atoms with Gasteiger partial charge in [-0.15, -0.1) is 0 Å². The Hall–Kier alpha value is -2.80. The van der Waals surface area contributed by atoms with E-state index in [1.54, 1.807) is 4.90 Å². The van der Waals surface area contributed by atoms with Gasteiger partial charge in [-0.05, 0) is 35.1 Å². The molecule has 4 heteroatoms. The lowest BCUT2D eigenvalue weighted by Crippen LogP contribution is -2.32. The number of hydrogen-bond acceptors (Lipinski definition) is 3. The Bertz CT molecular complexity index is 840. The molecule has 1 unspecified atom stereocenters. The quantitative estimate of drug-likeness (QED) is 0.818. The fourth-order valence-corrected chi connectivity index (χ4v) is 4.17. The van der Waals surface area contributed by atoms with Crippen LogP contribution in [0.5, 0.6) is 0 Å². The second-order valence-electron chi connectivity index (χ2n) is 7.22. The lowest BCUT2D eigenvalue weighted by molar-refractivity contribution is 0.105. The third-order valence-electron chi connectivity index (χ3n) is 5.86. The Morgan fingerprint density at radius 2 is 1.81 bits per heavy atom. The van der Waals surface area contributed by atoms with E-state index < -0.39 is 5.41 Å². The Labute approximate surface area is 154 Å².